The summed E-state index contributed by atoms with van der Waals surface area (Å²) in [5.41, 5.74) is 2.07. The molecule has 2 aromatic rings. The molecule has 1 fully saturated rings. The van der Waals surface area contributed by atoms with E-state index in [-0.39, 0.29) is 44.7 Å². The van der Waals surface area contributed by atoms with Crippen molar-refractivity contribution < 1.29 is 33.7 Å². The van der Waals surface area contributed by atoms with Crippen molar-refractivity contribution in [2.75, 3.05) is 19.9 Å². The van der Waals surface area contributed by atoms with E-state index in [1.807, 2.05) is 12.1 Å². The van der Waals surface area contributed by atoms with E-state index in [2.05, 4.69) is 33.2 Å². The fourth-order valence-electron chi connectivity index (χ4n) is 3.94. The zero-order valence-electron chi connectivity index (χ0n) is 18.7. The number of amides is 2. The molecule has 35 heavy (non-hydrogen) atoms. The highest BCUT2D eigenvalue weighted by Crippen LogP contribution is 2.31. The van der Waals surface area contributed by atoms with Crippen LogP contribution in [0.5, 0.6) is 0 Å². The molecule has 3 atom stereocenters. The number of fused-ring (bicyclic) bond motifs is 1. The number of rotatable bonds is 8. The zero-order valence-corrected chi connectivity index (χ0v) is 20.9. The quantitative estimate of drug-likeness (QED) is 0.316. The molecule has 2 aliphatic rings. The summed E-state index contributed by atoms with van der Waals surface area (Å²) in [6.07, 6.45) is 0.259. The first-order valence-corrected chi connectivity index (χ1v) is 12.2. The summed E-state index contributed by atoms with van der Waals surface area (Å²) in [7, 11) is 0. The van der Waals surface area contributed by atoms with Crippen LogP contribution < -0.4 is 10.6 Å². The van der Waals surface area contributed by atoms with Gasteiger partial charge in [-0.1, -0.05) is 24.3 Å². The lowest BCUT2D eigenvalue weighted by atomic mass is 9.91. The number of hydrogen-bond acceptors (Lipinski definition) is 7. The van der Waals surface area contributed by atoms with Crippen LogP contribution in [0.4, 0.5) is 0 Å². The summed E-state index contributed by atoms with van der Waals surface area (Å²) in [6, 6.07) is 14.0. The van der Waals surface area contributed by atoms with Crippen molar-refractivity contribution in [1.29, 1.82) is 0 Å². The van der Waals surface area contributed by atoms with E-state index in [4.69, 9.17) is 19.3 Å². The van der Waals surface area contributed by atoms with Crippen molar-refractivity contribution in [3.63, 3.8) is 0 Å². The highest BCUT2D eigenvalue weighted by Gasteiger charge is 2.42. The minimum Gasteiger partial charge on any atom is -0.455 e. The molecule has 0 saturated carbocycles. The molecule has 0 radical (unpaired) electrons. The summed E-state index contributed by atoms with van der Waals surface area (Å²) in [6.45, 7) is 0.281. The Morgan fingerprint density at radius 3 is 2.69 bits per heavy atom. The molecular weight excluding hydrogens is 567 g/mol. The third-order valence-corrected chi connectivity index (χ3v) is 6.62. The minimum absolute atomic E-state index is 0.0583. The molecule has 3 N–H and O–H groups in total. The van der Waals surface area contributed by atoms with E-state index in [1.165, 1.54) is 0 Å². The highest BCUT2D eigenvalue weighted by molar-refractivity contribution is 14.1. The second-order valence-electron chi connectivity index (χ2n) is 8.06. The Morgan fingerprint density at radius 2 is 1.89 bits per heavy atom. The minimum atomic E-state index is -0.671. The van der Waals surface area contributed by atoms with Gasteiger partial charge in [0.15, 0.2) is 0 Å². The first-order valence-electron chi connectivity index (χ1n) is 11.1. The largest absolute Gasteiger partial charge is 0.455 e. The van der Waals surface area contributed by atoms with E-state index in [1.54, 1.807) is 42.5 Å². The smallest absolute Gasteiger partial charge is 0.339 e. The summed E-state index contributed by atoms with van der Waals surface area (Å²) in [4.78, 5) is 37.8. The Bertz CT molecular complexity index is 1140. The van der Waals surface area contributed by atoms with Gasteiger partial charge in [0, 0.05) is 34.2 Å². The van der Waals surface area contributed by atoms with Gasteiger partial charge in [0.05, 0.1) is 12.2 Å². The van der Waals surface area contributed by atoms with Crippen molar-refractivity contribution >= 4 is 40.4 Å². The number of nitrogens with one attached hydrogen (secondary N) is 2. The number of benzene rings is 2. The number of aliphatic hydroxyl groups is 1. The third kappa shape index (κ3) is 6.26. The summed E-state index contributed by atoms with van der Waals surface area (Å²) in [5, 5.41) is 14.3. The van der Waals surface area contributed by atoms with E-state index in [0.717, 1.165) is 9.13 Å². The molecule has 10 heteroatoms. The van der Waals surface area contributed by atoms with Crippen LogP contribution in [0.1, 0.15) is 32.7 Å². The van der Waals surface area contributed by atoms with Gasteiger partial charge in [-0.15, -0.1) is 0 Å². The Labute approximate surface area is 216 Å². The lowest BCUT2D eigenvalue weighted by Gasteiger charge is -2.30. The van der Waals surface area contributed by atoms with Gasteiger partial charge in [-0.25, -0.2) is 4.79 Å². The fourth-order valence-corrected chi connectivity index (χ4v) is 4.55. The molecule has 184 valence electrons. The fraction of sp³-hybridized carbons (Fsp3) is 0.320. The molecular formula is C25H25IN2O7. The van der Waals surface area contributed by atoms with Crippen LogP contribution in [0.3, 0.4) is 0 Å². The number of hydrogen-bond donors (Lipinski definition) is 3. The van der Waals surface area contributed by atoms with Crippen LogP contribution in [-0.4, -0.2) is 61.1 Å². The first-order chi connectivity index (χ1) is 17.0. The van der Waals surface area contributed by atoms with Crippen LogP contribution in [-0.2, 0) is 25.5 Å². The number of halogens is 1. The standard InChI is InChI=1S/C25H25IN2O7/c26-19-7-2-1-6-18(19)25(32)35-21-12-17(11-20-22(21)34-14-33-20)24(31)28-13-15-4-3-5-16(10-15)23(30)27-8-9-29/h1-7,10-11,20-22,29H,8-9,12-14H2,(H,27,30)(H,28,31)/t20-,21-,22-/m1/s1. The van der Waals surface area contributed by atoms with Crippen LogP contribution in [0.2, 0.25) is 0 Å². The zero-order chi connectivity index (χ0) is 24.8. The molecule has 9 nitrogen and oxygen atoms in total. The van der Waals surface area contributed by atoms with E-state index in [0.29, 0.717) is 16.7 Å². The summed E-state index contributed by atoms with van der Waals surface area (Å²) < 4.78 is 17.7. The van der Waals surface area contributed by atoms with Gasteiger partial charge in [-0.2, -0.15) is 0 Å². The maximum atomic E-state index is 13.0. The van der Waals surface area contributed by atoms with Crippen molar-refractivity contribution in [2.24, 2.45) is 0 Å². The van der Waals surface area contributed by atoms with E-state index < -0.39 is 24.3 Å². The topological polar surface area (TPSA) is 123 Å². The van der Waals surface area contributed by atoms with Gasteiger partial charge >= 0.3 is 5.97 Å². The van der Waals surface area contributed by atoms with Gasteiger partial charge in [-0.3, -0.25) is 9.59 Å². The van der Waals surface area contributed by atoms with Crippen molar-refractivity contribution in [3.8, 4) is 0 Å². The number of esters is 1. The van der Waals surface area contributed by atoms with Gasteiger partial charge in [0.25, 0.3) is 5.91 Å². The molecule has 0 aromatic heterocycles. The average Bonchev–Trinajstić information content (AvgIpc) is 3.35. The van der Waals surface area contributed by atoms with Gasteiger partial charge < -0.3 is 30.0 Å². The van der Waals surface area contributed by atoms with Gasteiger partial charge in [-0.05, 0) is 58.5 Å². The van der Waals surface area contributed by atoms with Gasteiger partial charge in [0.1, 0.15) is 25.1 Å². The first kappa shape index (κ1) is 25.3. The average molecular weight is 592 g/mol. The lowest BCUT2D eigenvalue weighted by Crippen LogP contribution is -2.43. The molecule has 2 amide bonds. The maximum absolute atomic E-state index is 13.0. The molecule has 1 aliphatic carbocycles. The molecule has 0 bridgehead atoms. The summed E-state index contributed by atoms with van der Waals surface area (Å²) in [5.74, 6) is -1.10. The Morgan fingerprint density at radius 1 is 1.06 bits per heavy atom. The third-order valence-electron chi connectivity index (χ3n) is 5.68. The molecule has 1 heterocycles. The number of aliphatic hydroxyl groups excluding tert-OH is 1. The van der Waals surface area contributed by atoms with Crippen molar-refractivity contribution in [1.82, 2.24) is 10.6 Å². The van der Waals surface area contributed by atoms with Crippen LogP contribution in [0, 0.1) is 3.57 Å². The Hall–Kier alpha value is -2.80. The van der Waals surface area contributed by atoms with Crippen LogP contribution >= 0.6 is 22.6 Å². The SMILES string of the molecule is O=C(NCc1cccc(C(=O)NCCO)c1)C1=C[C@H]2OCO[C@H]2[C@H](OC(=O)c2ccccc2I)C1. The monoisotopic (exact) mass is 592 g/mol. The Balaban J connectivity index is 1.40. The van der Waals surface area contributed by atoms with Crippen molar-refractivity contribution in [2.45, 2.75) is 31.3 Å². The molecule has 4 rings (SSSR count). The normalized spacial score (nSPS) is 21.0. The second-order valence-corrected chi connectivity index (χ2v) is 9.22. The Kier molecular flexibility index (Phi) is 8.50. The highest BCUT2D eigenvalue weighted by atomic mass is 127. The predicted octanol–water partition coefficient (Wildman–Crippen LogP) is 1.93. The predicted molar refractivity (Wildman–Crippen MR) is 133 cm³/mol. The van der Waals surface area contributed by atoms with E-state index >= 15 is 0 Å². The summed E-state index contributed by atoms with van der Waals surface area (Å²) >= 11 is 2.08. The van der Waals surface area contributed by atoms with Crippen molar-refractivity contribution in [3.05, 3.63) is 80.4 Å². The van der Waals surface area contributed by atoms with Crippen LogP contribution in [0.25, 0.3) is 0 Å². The molecule has 2 aromatic carbocycles. The maximum Gasteiger partial charge on any atom is 0.339 e. The van der Waals surface area contributed by atoms with Crippen LogP contribution in [0.15, 0.2) is 60.2 Å². The van der Waals surface area contributed by atoms with Gasteiger partial charge in [0.2, 0.25) is 5.91 Å². The second kappa shape index (κ2) is 11.8. The molecule has 1 saturated heterocycles. The lowest BCUT2D eigenvalue weighted by molar-refractivity contribution is -0.118. The molecule has 0 spiro atoms. The number of carbonyl (C=O) groups excluding carboxylic acids is 3. The molecule has 0 unspecified atom stereocenters. The molecule has 1 aliphatic heterocycles. The number of ether oxygens (including phenoxy) is 3. The van der Waals surface area contributed by atoms with E-state index in [9.17, 15) is 14.4 Å². The number of carbonyl (C=O) groups is 3.